The van der Waals surface area contributed by atoms with E-state index < -0.39 is 33.7 Å². The number of hydrogen-bond acceptors (Lipinski definition) is 4. The summed E-state index contributed by atoms with van der Waals surface area (Å²) in [7, 11) is -4.84. The molecule has 0 aromatic rings. The van der Waals surface area contributed by atoms with Crippen molar-refractivity contribution in [1.29, 1.82) is 0 Å². The van der Waals surface area contributed by atoms with Crippen LogP contribution in [-0.2, 0) is 19.7 Å². The molecular weight excluding hydrogens is 568 g/mol. The molecule has 0 saturated heterocycles. The van der Waals surface area contributed by atoms with Crippen molar-refractivity contribution in [2.45, 2.75) is 157 Å². The van der Waals surface area contributed by atoms with E-state index in [1.54, 1.807) is 0 Å². The Balaban J connectivity index is -0.000000248. The van der Waals surface area contributed by atoms with Crippen molar-refractivity contribution >= 4 is 59.8 Å². The number of hydrogen-bond donors (Lipinski definition) is 3. The summed E-state index contributed by atoms with van der Waals surface area (Å²) in [4.78, 5) is 20.0. The topological polar surface area (TPSA) is 129 Å². The first-order chi connectivity index (χ1) is 18.7. The zero-order chi connectivity index (χ0) is 31.6. The SMILES string of the molecule is CCCCC(CC)CC[CH-]CC(C)C.CCCCC(CC)CC[CH-]CC(C)C.O=C(O)CC(C(=O)O)S(=O)(=O)O.[Ca+2]. The van der Waals surface area contributed by atoms with E-state index >= 15 is 0 Å². The summed E-state index contributed by atoms with van der Waals surface area (Å²) in [6.45, 7) is 18.4. The Hall–Kier alpha value is 0.110. The van der Waals surface area contributed by atoms with Crippen molar-refractivity contribution in [1.82, 2.24) is 0 Å². The molecule has 3 unspecified atom stereocenters. The Labute approximate surface area is 284 Å². The predicted octanol–water partition coefficient (Wildman–Crippen LogP) is 8.89. The van der Waals surface area contributed by atoms with Gasteiger partial charge in [0, 0.05) is 0 Å². The summed E-state index contributed by atoms with van der Waals surface area (Å²) in [5, 5.41) is 13.9. The standard InChI is InChI=1S/2C14H29.C4H6O7S.Ca/c2*1-5-7-11-14(6-2)12-9-8-10-13(3)4;5-3(6)1-2(4(7)8)12(9,10)11;/h2*8,13-14H,5-7,9-12H2,1-4H3;2H,1H2,(H,5,6)(H,7,8)(H,9,10,11);/q2*-1;;+2. The molecule has 7 nitrogen and oxygen atoms in total. The minimum absolute atomic E-state index is 0. The third-order valence-corrected chi connectivity index (χ3v) is 8.00. The maximum absolute atomic E-state index is 10.2. The Morgan fingerprint density at radius 3 is 1.27 bits per heavy atom. The average molecular weight is 633 g/mol. The molecule has 0 aliphatic carbocycles. The first kappa shape index (κ1) is 48.0. The monoisotopic (exact) mass is 632 g/mol. The third kappa shape index (κ3) is 36.2. The molecule has 0 saturated carbocycles. The number of carboxylic acid groups (broad SMARTS) is 2. The fourth-order valence-electron chi connectivity index (χ4n) is 4.18. The number of unbranched alkanes of at least 4 members (excludes halogenated alkanes) is 4. The van der Waals surface area contributed by atoms with E-state index in [4.69, 9.17) is 14.8 Å². The quantitative estimate of drug-likeness (QED) is 0.0470. The van der Waals surface area contributed by atoms with Crippen molar-refractivity contribution in [2.24, 2.45) is 23.7 Å². The smallest absolute Gasteiger partial charge is 0.481 e. The van der Waals surface area contributed by atoms with Crippen LogP contribution in [0.4, 0.5) is 0 Å². The maximum Gasteiger partial charge on any atom is 2.00 e. The van der Waals surface area contributed by atoms with Crippen LogP contribution in [0.15, 0.2) is 0 Å². The molecular formula is C32H64CaO7S. The molecule has 0 rings (SSSR count). The molecule has 0 heterocycles. The van der Waals surface area contributed by atoms with Gasteiger partial charge in [-0.15, -0.1) is 0 Å². The van der Waals surface area contributed by atoms with Crippen LogP contribution in [0.2, 0.25) is 0 Å². The van der Waals surface area contributed by atoms with Crippen LogP contribution in [0.1, 0.15) is 152 Å². The second-order valence-corrected chi connectivity index (χ2v) is 13.4. The van der Waals surface area contributed by atoms with E-state index in [0.717, 1.165) is 23.7 Å². The normalized spacial score (nSPS) is 13.2. The number of carbonyl (C=O) groups is 2. The summed E-state index contributed by atoms with van der Waals surface area (Å²) in [6.07, 6.45) is 23.1. The predicted molar refractivity (Wildman–Crippen MR) is 174 cm³/mol. The molecule has 3 N–H and O–H groups in total. The molecule has 3 atom stereocenters. The minimum atomic E-state index is -4.84. The van der Waals surface area contributed by atoms with Gasteiger partial charge in [0.05, 0.1) is 6.42 Å². The van der Waals surface area contributed by atoms with E-state index in [2.05, 4.69) is 68.2 Å². The Morgan fingerprint density at radius 1 is 0.707 bits per heavy atom. The molecule has 0 bridgehead atoms. The second-order valence-electron chi connectivity index (χ2n) is 11.8. The summed E-state index contributed by atoms with van der Waals surface area (Å²) >= 11 is 0. The van der Waals surface area contributed by atoms with Crippen LogP contribution in [0.3, 0.4) is 0 Å². The fourth-order valence-corrected chi connectivity index (χ4v) is 4.79. The molecule has 0 aliphatic heterocycles. The van der Waals surface area contributed by atoms with Crippen molar-refractivity contribution in [3.05, 3.63) is 12.8 Å². The molecule has 0 aromatic carbocycles. The number of aliphatic carboxylic acids is 2. The number of rotatable bonds is 22. The first-order valence-corrected chi connectivity index (χ1v) is 17.2. The van der Waals surface area contributed by atoms with E-state index in [0.29, 0.717) is 0 Å². The van der Waals surface area contributed by atoms with Crippen LogP contribution in [0.5, 0.6) is 0 Å². The van der Waals surface area contributed by atoms with Crippen LogP contribution in [-0.4, -0.2) is 78.1 Å². The Morgan fingerprint density at radius 2 is 1.07 bits per heavy atom. The molecule has 41 heavy (non-hydrogen) atoms. The Bertz CT molecular complexity index is 668. The summed E-state index contributed by atoms with van der Waals surface area (Å²) in [5.74, 6) is 0.146. The van der Waals surface area contributed by atoms with E-state index in [-0.39, 0.29) is 37.7 Å². The van der Waals surface area contributed by atoms with Crippen LogP contribution in [0, 0.1) is 36.5 Å². The summed E-state index contributed by atoms with van der Waals surface area (Å²) in [6, 6.07) is 0. The minimum Gasteiger partial charge on any atom is -0.481 e. The van der Waals surface area contributed by atoms with Crippen LogP contribution < -0.4 is 0 Å². The van der Waals surface area contributed by atoms with Crippen LogP contribution in [0.25, 0.3) is 0 Å². The van der Waals surface area contributed by atoms with Gasteiger partial charge in [0.15, 0.2) is 5.25 Å². The molecule has 0 amide bonds. The average Bonchev–Trinajstić information content (AvgIpc) is 2.86. The van der Waals surface area contributed by atoms with Crippen molar-refractivity contribution in [3.8, 4) is 0 Å². The zero-order valence-corrected chi connectivity index (χ0v) is 30.8. The molecule has 0 spiro atoms. The molecule has 9 heteroatoms. The van der Waals surface area contributed by atoms with E-state index in [1.165, 1.54) is 89.9 Å². The van der Waals surface area contributed by atoms with Crippen molar-refractivity contribution in [2.75, 3.05) is 0 Å². The van der Waals surface area contributed by atoms with Gasteiger partial charge < -0.3 is 23.1 Å². The van der Waals surface area contributed by atoms with Gasteiger partial charge in [-0.05, 0) is 11.8 Å². The molecule has 0 radical (unpaired) electrons. The van der Waals surface area contributed by atoms with Gasteiger partial charge in [-0.25, -0.2) is 0 Å². The van der Waals surface area contributed by atoms with Gasteiger partial charge in [0.1, 0.15) is 0 Å². The van der Waals surface area contributed by atoms with Gasteiger partial charge in [-0.2, -0.15) is 34.1 Å². The van der Waals surface area contributed by atoms with Crippen molar-refractivity contribution in [3.63, 3.8) is 0 Å². The molecule has 242 valence electrons. The zero-order valence-electron chi connectivity index (χ0n) is 27.7. The number of carboxylic acids is 2. The van der Waals surface area contributed by atoms with Gasteiger partial charge in [0.25, 0.3) is 10.1 Å². The van der Waals surface area contributed by atoms with Gasteiger partial charge in [-0.3, -0.25) is 14.1 Å². The first-order valence-electron chi connectivity index (χ1n) is 15.7. The van der Waals surface area contributed by atoms with Gasteiger partial charge >= 0.3 is 49.7 Å². The van der Waals surface area contributed by atoms with Gasteiger partial charge in [0.2, 0.25) is 0 Å². The van der Waals surface area contributed by atoms with Crippen LogP contribution >= 0.6 is 0 Å². The summed E-state index contributed by atoms with van der Waals surface area (Å²) in [5.41, 5.74) is 0. The van der Waals surface area contributed by atoms with E-state index in [1.807, 2.05) is 0 Å². The Kier molecular flexibility index (Phi) is 36.9. The largest absolute Gasteiger partial charge is 2.00 e. The molecule has 0 aromatic heterocycles. The molecule has 0 fully saturated rings. The van der Waals surface area contributed by atoms with Gasteiger partial charge in [-0.1, -0.05) is 131 Å². The van der Waals surface area contributed by atoms with E-state index in [9.17, 15) is 18.0 Å². The molecule has 0 aliphatic rings. The maximum atomic E-state index is 10.2. The fraction of sp³-hybridized carbons (Fsp3) is 0.875. The van der Waals surface area contributed by atoms with Crippen molar-refractivity contribution < 1.29 is 32.8 Å². The second kappa shape index (κ2) is 31.5. The summed E-state index contributed by atoms with van der Waals surface area (Å²) < 4.78 is 28.7. The third-order valence-electron chi connectivity index (χ3n) is 6.92.